The second-order valence-electron chi connectivity index (χ2n) is 5.54. The van der Waals surface area contributed by atoms with Gasteiger partial charge in [0.25, 0.3) is 0 Å². The fourth-order valence-electron chi connectivity index (χ4n) is 2.90. The van der Waals surface area contributed by atoms with Gasteiger partial charge in [0.2, 0.25) is 5.88 Å². The first-order valence-electron chi connectivity index (χ1n) is 7.61. The molecule has 0 saturated carbocycles. The highest BCUT2D eigenvalue weighted by molar-refractivity contribution is 6.15. The van der Waals surface area contributed by atoms with Gasteiger partial charge in [-0.25, -0.2) is 18.6 Å². The van der Waals surface area contributed by atoms with E-state index in [1.54, 1.807) is 18.2 Å². The number of hydrogen-bond acceptors (Lipinski definition) is 4. The zero-order valence-corrected chi connectivity index (χ0v) is 13.2. The third-order valence-electron chi connectivity index (χ3n) is 4.00. The van der Waals surface area contributed by atoms with E-state index in [9.17, 15) is 13.6 Å². The highest BCUT2D eigenvalue weighted by atomic mass is 19.1. The first-order chi connectivity index (χ1) is 12.5. The number of imidazole rings is 1. The van der Waals surface area contributed by atoms with Crippen LogP contribution >= 0.6 is 0 Å². The molecule has 0 unspecified atom stereocenters. The summed E-state index contributed by atoms with van der Waals surface area (Å²) in [6.45, 7) is -0.0113. The monoisotopic (exact) mass is 355 g/mol. The lowest BCUT2D eigenvalue weighted by molar-refractivity contribution is 0.142. The van der Waals surface area contributed by atoms with Crippen molar-refractivity contribution in [2.24, 2.45) is 4.99 Å². The molecule has 0 aliphatic carbocycles. The van der Waals surface area contributed by atoms with Crippen LogP contribution in [0.5, 0.6) is 5.88 Å². The Kier molecular flexibility index (Phi) is 3.72. The van der Waals surface area contributed by atoms with Crippen molar-refractivity contribution in [1.29, 1.82) is 0 Å². The van der Waals surface area contributed by atoms with Crippen LogP contribution in [0, 0.1) is 11.6 Å². The van der Waals surface area contributed by atoms with Gasteiger partial charge in [-0.15, -0.1) is 0 Å². The van der Waals surface area contributed by atoms with Crippen LogP contribution in [0.25, 0.3) is 5.69 Å². The van der Waals surface area contributed by atoms with Crippen molar-refractivity contribution >= 4 is 11.9 Å². The minimum absolute atomic E-state index is 0.0113. The van der Waals surface area contributed by atoms with Gasteiger partial charge in [0, 0.05) is 11.1 Å². The molecule has 1 aromatic heterocycles. The molecule has 1 aliphatic rings. The van der Waals surface area contributed by atoms with Gasteiger partial charge in [-0.05, 0) is 30.3 Å². The largest absolute Gasteiger partial charge is 0.512 e. The van der Waals surface area contributed by atoms with Crippen LogP contribution in [0.1, 0.15) is 16.8 Å². The van der Waals surface area contributed by atoms with Crippen LogP contribution in [0.15, 0.2) is 53.8 Å². The first-order valence-corrected chi connectivity index (χ1v) is 7.61. The number of aliphatic imine (C=N–C) groups is 1. The van der Waals surface area contributed by atoms with Gasteiger partial charge in [0.1, 0.15) is 23.7 Å². The molecule has 2 aromatic carbocycles. The number of ether oxygens (including phenoxy) is 1. The third-order valence-corrected chi connectivity index (χ3v) is 4.00. The molecule has 0 atom stereocenters. The maximum Gasteiger partial charge on any atom is 0.512 e. The van der Waals surface area contributed by atoms with Gasteiger partial charge < -0.3 is 9.84 Å². The highest BCUT2D eigenvalue weighted by Crippen LogP contribution is 2.30. The molecule has 0 fully saturated rings. The number of hydrogen-bond donors (Lipinski definition) is 1. The molecule has 0 amide bonds. The lowest BCUT2D eigenvalue weighted by Gasteiger charge is -2.12. The van der Waals surface area contributed by atoms with Crippen molar-refractivity contribution in [2.45, 2.75) is 6.54 Å². The molecule has 8 heteroatoms. The van der Waals surface area contributed by atoms with E-state index in [-0.39, 0.29) is 18.0 Å². The molecule has 1 N–H and O–H groups in total. The molecule has 4 rings (SSSR count). The molecule has 130 valence electrons. The predicted octanol–water partition coefficient (Wildman–Crippen LogP) is 3.56. The lowest BCUT2D eigenvalue weighted by Crippen LogP contribution is -2.09. The van der Waals surface area contributed by atoms with Gasteiger partial charge in [0.15, 0.2) is 0 Å². The Morgan fingerprint density at radius 2 is 1.96 bits per heavy atom. The summed E-state index contributed by atoms with van der Waals surface area (Å²) in [4.78, 5) is 19.2. The summed E-state index contributed by atoms with van der Waals surface area (Å²) in [6.07, 6.45) is -0.195. The van der Waals surface area contributed by atoms with E-state index in [0.717, 1.165) is 0 Å². The van der Waals surface area contributed by atoms with Crippen LogP contribution < -0.4 is 4.74 Å². The van der Waals surface area contributed by atoms with Crippen molar-refractivity contribution < 1.29 is 23.4 Å². The molecule has 2 heterocycles. The van der Waals surface area contributed by atoms with Crippen molar-refractivity contribution in [3.05, 3.63) is 77.2 Å². The Morgan fingerprint density at radius 3 is 2.73 bits per heavy atom. The number of rotatable bonds is 2. The van der Waals surface area contributed by atoms with Crippen LogP contribution in [0.2, 0.25) is 0 Å². The van der Waals surface area contributed by atoms with Crippen LogP contribution in [-0.2, 0) is 6.54 Å². The summed E-state index contributed by atoms with van der Waals surface area (Å²) in [5, 5.41) is 8.85. The Bertz CT molecular complexity index is 1060. The summed E-state index contributed by atoms with van der Waals surface area (Å²) in [6, 6.07) is 10.1. The van der Waals surface area contributed by atoms with E-state index in [1.807, 2.05) is 0 Å². The lowest BCUT2D eigenvalue weighted by atomic mass is 10.00. The zero-order valence-electron chi connectivity index (χ0n) is 13.2. The number of halogens is 2. The average molecular weight is 355 g/mol. The minimum atomic E-state index is -1.52. The van der Waals surface area contributed by atoms with Gasteiger partial charge in [-0.1, -0.05) is 12.1 Å². The second kappa shape index (κ2) is 6.07. The van der Waals surface area contributed by atoms with Crippen LogP contribution in [0.3, 0.4) is 0 Å². The standard InChI is InChI=1S/C18H11F2N3O3/c19-10-5-6-12-14(7-10)23-9-22-17(26-18(24)25)15(23)8-21-16(12)11-3-1-2-4-13(11)20/h1-7,9H,8H2,(H,24,25). The van der Waals surface area contributed by atoms with E-state index >= 15 is 0 Å². The van der Waals surface area contributed by atoms with E-state index in [1.165, 1.54) is 35.2 Å². The summed E-state index contributed by atoms with van der Waals surface area (Å²) in [5.41, 5.74) is 1.79. The molecule has 0 bridgehead atoms. The van der Waals surface area contributed by atoms with Crippen molar-refractivity contribution in [2.75, 3.05) is 0 Å². The first kappa shape index (κ1) is 15.9. The molecular weight excluding hydrogens is 344 g/mol. The molecule has 0 spiro atoms. The highest BCUT2D eigenvalue weighted by Gasteiger charge is 2.24. The van der Waals surface area contributed by atoms with Gasteiger partial charge in [-0.3, -0.25) is 9.56 Å². The van der Waals surface area contributed by atoms with E-state index < -0.39 is 17.8 Å². The number of fused-ring (bicyclic) bond motifs is 3. The van der Waals surface area contributed by atoms with Gasteiger partial charge in [-0.2, -0.15) is 0 Å². The molecule has 3 aromatic rings. The van der Waals surface area contributed by atoms with E-state index in [2.05, 4.69) is 14.7 Å². The summed E-state index contributed by atoms with van der Waals surface area (Å²) < 4.78 is 34.3. The van der Waals surface area contributed by atoms with Crippen molar-refractivity contribution in [3.63, 3.8) is 0 Å². The fraction of sp³-hybridized carbons (Fsp3) is 0.0556. The average Bonchev–Trinajstić information content (AvgIpc) is 2.91. The van der Waals surface area contributed by atoms with Crippen LogP contribution in [-0.4, -0.2) is 26.5 Å². The van der Waals surface area contributed by atoms with Gasteiger partial charge in [0.05, 0.1) is 17.9 Å². The Labute approximate surface area is 146 Å². The number of benzene rings is 2. The maximum absolute atomic E-state index is 14.3. The SMILES string of the molecule is O=C(O)Oc1ncn2c1CN=C(c1ccccc1F)c1ccc(F)cc1-2. The second-order valence-corrected chi connectivity index (χ2v) is 5.54. The number of carboxylic acid groups (broad SMARTS) is 1. The molecule has 1 aliphatic heterocycles. The summed E-state index contributed by atoms with van der Waals surface area (Å²) in [5.74, 6) is -1.11. The molecule has 0 saturated heterocycles. The third kappa shape index (κ3) is 2.61. The topological polar surface area (TPSA) is 76.7 Å². The molecular formula is C18H11F2N3O3. The van der Waals surface area contributed by atoms with Gasteiger partial charge >= 0.3 is 6.16 Å². The summed E-state index contributed by atoms with van der Waals surface area (Å²) >= 11 is 0. The Morgan fingerprint density at radius 1 is 1.15 bits per heavy atom. The minimum Gasteiger partial charge on any atom is -0.449 e. The Hall–Kier alpha value is -3.55. The van der Waals surface area contributed by atoms with E-state index in [4.69, 9.17) is 5.11 Å². The zero-order chi connectivity index (χ0) is 18.3. The molecule has 6 nitrogen and oxygen atoms in total. The molecule has 0 radical (unpaired) electrons. The van der Waals surface area contributed by atoms with Crippen molar-refractivity contribution in [1.82, 2.24) is 9.55 Å². The Balaban J connectivity index is 1.95. The normalized spacial score (nSPS) is 12.6. The van der Waals surface area contributed by atoms with E-state index in [0.29, 0.717) is 22.7 Å². The number of carbonyl (C=O) groups is 1. The quantitative estimate of drug-likeness (QED) is 0.713. The predicted molar refractivity (Wildman–Crippen MR) is 87.9 cm³/mol. The number of nitrogens with zero attached hydrogens (tertiary/aromatic N) is 3. The fourth-order valence-corrected chi connectivity index (χ4v) is 2.90. The number of aromatic nitrogens is 2. The maximum atomic E-state index is 14.3. The summed E-state index contributed by atoms with van der Waals surface area (Å²) in [7, 11) is 0. The molecule has 26 heavy (non-hydrogen) atoms. The van der Waals surface area contributed by atoms with Crippen molar-refractivity contribution in [3.8, 4) is 11.6 Å². The smallest absolute Gasteiger partial charge is 0.449 e. The van der Waals surface area contributed by atoms with Crippen LogP contribution in [0.4, 0.5) is 13.6 Å².